The van der Waals surface area contributed by atoms with Gasteiger partial charge in [-0.3, -0.25) is 18.6 Å². The van der Waals surface area contributed by atoms with E-state index in [9.17, 15) is 49.1 Å². The van der Waals surface area contributed by atoms with E-state index in [0.717, 1.165) is 43.3 Å². The second-order valence-electron chi connectivity index (χ2n) is 18.1. The van der Waals surface area contributed by atoms with Gasteiger partial charge < -0.3 is 29.4 Å². The molecule has 3 N–H and O–H groups in total. The Hall–Kier alpha value is -7.20. The Bertz CT molecular complexity index is 3690. The third kappa shape index (κ3) is 20.8. The second-order valence-corrected chi connectivity index (χ2v) is 22.2. The van der Waals surface area contributed by atoms with Crippen LogP contribution in [0, 0.1) is 47.8 Å². The highest BCUT2D eigenvalue weighted by atomic mass is 79.9. The van der Waals surface area contributed by atoms with E-state index in [2.05, 4.69) is 42.8 Å². The first-order valence-electron chi connectivity index (χ1n) is 25.0. The monoisotopic (exact) mass is 1290 g/mol. The van der Waals surface area contributed by atoms with Crippen LogP contribution in [0.5, 0.6) is 0 Å². The predicted octanol–water partition coefficient (Wildman–Crippen LogP) is 13.6. The first-order valence-corrected chi connectivity index (χ1v) is 28.8. The van der Waals surface area contributed by atoms with E-state index in [4.69, 9.17) is 37.6 Å². The van der Waals surface area contributed by atoms with Crippen LogP contribution in [0.15, 0.2) is 130 Å². The molecule has 25 heteroatoms. The van der Waals surface area contributed by atoms with Crippen LogP contribution >= 0.6 is 39.5 Å². The molecule has 0 spiro atoms. The van der Waals surface area contributed by atoms with Crippen molar-refractivity contribution in [2.45, 2.75) is 97.9 Å². The van der Waals surface area contributed by atoms with Crippen molar-refractivity contribution in [3.05, 3.63) is 208 Å². The zero-order valence-corrected chi connectivity index (χ0v) is 51.1. The number of thiazole rings is 1. The second kappa shape index (κ2) is 32.7. The lowest BCUT2D eigenvalue weighted by Crippen LogP contribution is -2.39. The highest BCUT2D eigenvalue weighted by molar-refractivity contribution is 9.09. The molecule has 3 heterocycles. The average molecular weight is 1290 g/mol. The molecule has 4 aromatic carbocycles. The number of rotatable bonds is 15. The third-order valence-electron chi connectivity index (χ3n) is 11.4. The van der Waals surface area contributed by atoms with Gasteiger partial charge in [0, 0.05) is 35.5 Å². The van der Waals surface area contributed by atoms with Gasteiger partial charge in [-0.2, -0.15) is 34.8 Å². The summed E-state index contributed by atoms with van der Waals surface area (Å²) in [5.74, 6) is 0.126. The Labute approximate surface area is 501 Å². The van der Waals surface area contributed by atoms with Crippen LogP contribution in [-0.4, -0.2) is 76.5 Å². The summed E-state index contributed by atoms with van der Waals surface area (Å²) in [6.45, 7) is 27.7. The van der Waals surface area contributed by atoms with Crippen LogP contribution in [0.1, 0.15) is 74.5 Å². The molecule has 0 aliphatic rings. The number of halogens is 7. The summed E-state index contributed by atoms with van der Waals surface area (Å²) in [6.07, 6.45) is -12.2. The first kappa shape index (κ1) is 71.1. The van der Waals surface area contributed by atoms with Gasteiger partial charge in [-0.15, -0.1) is 11.3 Å². The fourth-order valence-corrected chi connectivity index (χ4v) is 9.93. The van der Waals surface area contributed by atoms with Gasteiger partial charge in [-0.05, 0) is 103 Å². The number of nitrogens with two attached hydrogens (primary N) is 1. The van der Waals surface area contributed by atoms with Gasteiger partial charge in [-0.25, -0.2) is 14.7 Å². The van der Waals surface area contributed by atoms with Gasteiger partial charge in [0.05, 0.1) is 69.4 Å². The number of methoxy groups -OCH3 is 1. The van der Waals surface area contributed by atoms with Gasteiger partial charge in [-0.1, -0.05) is 124 Å². The molecule has 7 aromatic rings. The van der Waals surface area contributed by atoms with E-state index >= 15 is 0 Å². The van der Waals surface area contributed by atoms with Crippen LogP contribution in [-0.2, 0) is 49.2 Å². The lowest BCUT2D eigenvalue weighted by atomic mass is 10.0. The number of hydrogen-bond acceptors (Lipinski definition) is 12. The Kier molecular flexibility index (Phi) is 27.7. The van der Waals surface area contributed by atoms with Crippen LogP contribution in [0.3, 0.4) is 0 Å². The van der Waals surface area contributed by atoms with Crippen molar-refractivity contribution in [3.8, 4) is 22.5 Å². The lowest BCUT2D eigenvalue weighted by Gasteiger charge is -2.27. The smallest absolute Gasteiger partial charge is 0.397 e. The maximum Gasteiger partial charge on any atom is 0.407 e. The van der Waals surface area contributed by atoms with Crippen molar-refractivity contribution in [1.29, 1.82) is 0 Å². The molecule has 3 aromatic heterocycles. The van der Waals surface area contributed by atoms with E-state index in [1.165, 1.54) is 48.1 Å². The molecule has 0 bridgehead atoms. The number of aliphatic hydroxyl groups excluding tert-OH is 1. The van der Waals surface area contributed by atoms with Crippen molar-refractivity contribution in [2.24, 2.45) is 5.73 Å². The molecular formula is C59H61BrF6N6O9S3. The van der Waals surface area contributed by atoms with Crippen LogP contribution in [0.4, 0.5) is 37.7 Å². The quantitative estimate of drug-likeness (QED) is 0.0188. The summed E-state index contributed by atoms with van der Waals surface area (Å²) in [6, 6.07) is 30.0. The van der Waals surface area contributed by atoms with Gasteiger partial charge in [0.1, 0.15) is 12.9 Å². The topological polar surface area (TPSA) is 191 Å². The Balaban J connectivity index is 0.000000353. The molecule has 2 atom stereocenters. The molecule has 0 saturated heterocycles. The fourth-order valence-electron chi connectivity index (χ4n) is 7.55. The van der Waals surface area contributed by atoms with E-state index in [0.29, 0.717) is 27.1 Å². The van der Waals surface area contributed by atoms with Crippen LogP contribution in [0.25, 0.3) is 32.2 Å². The summed E-state index contributed by atoms with van der Waals surface area (Å²) < 4.78 is 126. The van der Waals surface area contributed by atoms with E-state index in [1.807, 2.05) is 50.2 Å². The van der Waals surface area contributed by atoms with Crippen molar-refractivity contribution in [1.82, 2.24) is 14.1 Å². The third-order valence-corrected chi connectivity index (χ3v) is 14.3. The number of carbonyl (C=O) groups excluding carboxylic acids is 1. The first-order chi connectivity index (χ1) is 39.4. The highest BCUT2D eigenvalue weighted by Crippen LogP contribution is 2.39. The maximum atomic E-state index is 13.9. The van der Waals surface area contributed by atoms with Crippen molar-refractivity contribution < 1.29 is 58.3 Å². The van der Waals surface area contributed by atoms with Crippen molar-refractivity contribution >= 4 is 71.7 Å². The number of aliphatic hydroxyl groups is 1. The van der Waals surface area contributed by atoms with E-state index in [1.54, 1.807) is 83.1 Å². The normalized spacial score (nSPS) is 11.8. The number of ketones is 1. The average Bonchev–Trinajstić information content (AvgIpc) is 1.21. The van der Waals surface area contributed by atoms with Crippen molar-refractivity contribution in [2.75, 3.05) is 25.8 Å². The number of nitrogens with zero attached hydrogens (tertiary/aromatic N) is 5. The number of thiocarbonyl (C=S) groups is 1. The number of Topliss-reactive ketones (excluding diaryl/α,β-unsaturated/α-hetero) is 1. The molecule has 0 aliphatic carbocycles. The summed E-state index contributed by atoms with van der Waals surface area (Å²) >= 11 is 8.79. The molecule has 84 heavy (non-hydrogen) atoms. The SMILES string of the molecule is CC(N)=S.CCO.O=C(CBr)c1ccccc1.[C-]#[N+]c1c(C(F)(F)F)cc(-c2cccc(C)c2)n(CC(OS(=O)(=O)c2ccc(C)cc2)C(C)OCOC)c1=O.[C-]#[N+]c1c(C(F)(F)F)cc(-c2cccc(C)c2)n(Cc2sc(C)nc2C)c1=O. The number of carbonyl (C=O) groups is 1. The Morgan fingerprint density at radius 1 is 0.786 bits per heavy atom. The zero-order valence-electron chi connectivity index (χ0n) is 47.1. The molecule has 0 radical (unpaired) electrons. The molecule has 0 saturated carbocycles. The number of alkyl halides is 7. The largest absolute Gasteiger partial charge is 0.407 e. The molecular weight excluding hydrogens is 1230 g/mol. The molecule has 448 valence electrons. The molecule has 0 fully saturated rings. The maximum absolute atomic E-state index is 13.9. The van der Waals surface area contributed by atoms with Gasteiger partial charge in [0.2, 0.25) is 0 Å². The molecule has 0 aliphatic heterocycles. The molecule has 7 rings (SSSR count). The number of aromatic nitrogens is 3. The Morgan fingerprint density at radius 3 is 1.65 bits per heavy atom. The van der Waals surface area contributed by atoms with E-state index in [-0.39, 0.29) is 47.6 Å². The predicted molar refractivity (Wildman–Crippen MR) is 320 cm³/mol. The standard InChI is InChI=1S/C27H27F3N2O6S.C20H16F3N3OS.C8H7BrO.C2H5NS.C2H6O/c1-17-9-11-21(12-10-17)39(34,35)38-24(19(3)37-16-36-5)15-32-23(20-8-6-7-18(2)13-20)14-22(27(28,29)30)25(31-4)26(32)33;1-11-6-5-7-14(8-11)16-9-15(20(21,22)23)18(24-4)19(27)26(16)10-17-12(2)25-13(3)28-17;9-6-8(10)7-4-2-1-3-5-7;1-2(3)4;1-2-3/h6-14,19,24H,15-16H2,1-3,5H3;5-9H,10H2,1-3H3;1-5H,6H2;1H3,(H2,3,4);3H,2H2,1H3. The number of aryl methyl sites for hydroxylation is 5. The van der Waals surface area contributed by atoms with Gasteiger partial charge in [0.25, 0.3) is 32.6 Å². The minimum atomic E-state index is -4.98. The number of benzene rings is 4. The fraction of sp³-hybridized carbons (Fsp3) is 0.305. The summed E-state index contributed by atoms with van der Waals surface area (Å²) in [7, 11) is -3.04. The van der Waals surface area contributed by atoms with Crippen molar-refractivity contribution in [3.63, 3.8) is 0 Å². The number of ether oxygens (including phenoxy) is 2. The van der Waals surface area contributed by atoms with E-state index < -0.39 is 74.8 Å². The summed E-state index contributed by atoms with van der Waals surface area (Å²) in [4.78, 5) is 48.4. The van der Waals surface area contributed by atoms with Crippen LogP contribution < -0.4 is 16.9 Å². The summed E-state index contributed by atoms with van der Waals surface area (Å²) in [5, 5.41) is 8.77. The van der Waals surface area contributed by atoms with Gasteiger partial charge in [0.15, 0.2) is 5.78 Å². The number of hydrogen-bond donors (Lipinski definition) is 2. The minimum absolute atomic E-state index is 0.0557. The Morgan fingerprint density at radius 2 is 1.25 bits per heavy atom. The number of pyridine rings is 2. The molecule has 2 unspecified atom stereocenters. The minimum Gasteiger partial charge on any atom is -0.397 e. The van der Waals surface area contributed by atoms with Gasteiger partial charge >= 0.3 is 12.4 Å². The summed E-state index contributed by atoms with van der Waals surface area (Å²) in [5.41, 5.74) is 2.57. The highest BCUT2D eigenvalue weighted by Gasteiger charge is 2.39. The molecule has 15 nitrogen and oxygen atoms in total. The zero-order chi connectivity index (χ0) is 63.3. The molecule has 0 amide bonds. The van der Waals surface area contributed by atoms with Crippen LogP contribution in [0.2, 0.25) is 0 Å². The lowest BCUT2D eigenvalue weighted by molar-refractivity contribution is -0.137.